The Morgan fingerprint density at radius 2 is 1.85 bits per heavy atom. The van der Waals surface area contributed by atoms with Crippen molar-refractivity contribution in [3.05, 3.63) is 59.8 Å². The zero-order chi connectivity index (χ0) is 23.2. The van der Waals surface area contributed by atoms with E-state index in [0.29, 0.717) is 43.1 Å². The molecule has 6 N–H and O–H groups in total. The van der Waals surface area contributed by atoms with Crippen molar-refractivity contribution in [1.29, 1.82) is 0 Å². The van der Waals surface area contributed by atoms with Crippen molar-refractivity contribution >= 4 is 29.2 Å². The number of morpholine rings is 1. The summed E-state index contributed by atoms with van der Waals surface area (Å²) in [6.07, 6.45) is 4.46. The fourth-order valence-electron chi connectivity index (χ4n) is 3.42. The SMILES string of the molecule is NC(=O)N(Cc1cncnc1N1CCOCC1)c1cccc(C#Cc2c(N)ncnc2N)c1. The van der Waals surface area contributed by atoms with Crippen LogP contribution < -0.4 is 27.0 Å². The highest BCUT2D eigenvalue weighted by molar-refractivity contribution is 5.91. The van der Waals surface area contributed by atoms with Crippen LogP contribution in [-0.4, -0.2) is 52.3 Å². The van der Waals surface area contributed by atoms with Crippen LogP contribution >= 0.6 is 0 Å². The number of carbonyl (C=O) groups excluding carboxylic acids is 1. The third kappa shape index (κ3) is 5.08. The van der Waals surface area contributed by atoms with Crippen LogP contribution in [-0.2, 0) is 11.3 Å². The third-order valence-electron chi connectivity index (χ3n) is 5.06. The maximum Gasteiger partial charge on any atom is 0.319 e. The van der Waals surface area contributed by atoms with Crippen LogP contribution in [0.15, 0.2) is 43.1 Å². The molecule has 168 valence electrons. The van der Waals surface area contributed by atoms with Crippen molar-refractivity contribution in [2.75, 3.05) is 47.6 Å². The maximum atomic E-state index is 12.4. The van der Waals surface area contributed by atoms with Crippen LogP contribution in [0.3, 0.4) is 0 Å². The Balaban J connectivity index is 1.62. The summed E-state index contributed by atoms with van der Waals surface area (Å²) in [5, 5.41) is 0. The maximum absolute atomic E-state index is 12.4. The first-order valence-corrected chi connectivity index (χ1v) is 10.2. The number of ether oxygens (including phenoxy) is 1. The zero-order valence-electron chi connectivity index (χ0n) is 17.8. The topological polar surface area (TPSA) is 162 Å². The molecular formula is C22H23N9O2. The van der Waals surface area contributed by atoms with Crippen LogP contribution in [0, 0.1) is 11.8 Å². The highest BCUT2D eigenvalue weighted by Gasteiger charge is 2.20. The number of carbonyl (C=O) groups is 1. The number of urea groups is 1. The van der Waals surface area contributed by atoms with Gasteiger partial charge in [0.15, 0.2) is 0 Å². The highest BCUT2D eigenvalue weighted by Crippen LogP contribution is 2.24. The summed E-state index contributed by atoms with van der Waals surface area (Å²) < 4.78 is 5.43. The second-order valence-corrected chi connectivity index (χ2v) is 7.21. The van der Waals surface area contributed by atoms with E-state index in [4.69, 9.17) is 21.9 Å². The number of nitrogens with two attached hydrogens (primary N) is 3. The molecule has 0 aliphatic carbocycles. The summed E-state index contributed by atoms with van der Waals surface area (Å²) in [7, 11) is 0. The molecule has 1 aromatic carbocycles. The van der Waals surface area contributed by atoms with Crippen molar-refractivity contribution in [2.45, 2.75) is 6.54 Å². The number of nitrogens with zero attached hydrogens (tertiary/aromatic N) is 6. The van der Waals surface area contributed by atoms with E-state index >= 15 is 0 Å². The van der Waals surface area contributed by atoms with Crippen LogP contribution in [0.25, 0.3) is 0 Å². The van der Waals surface area contributed by atoms with E-state index in [2.05, 4.69) is 36.7 Å². The molecule has 0 spiro atoms. The lowest BCUT2D eigenvalue weighted by Crippen LogP contribution is -2.39. The Morgan fingerprint density at radius 1 is 1.09 bits per heavy atom. The van der Waals surface area contributed by atoms with Crippen molar-refractivity contribution in [3.8, 4) is 11.8 Å². The van der Waals surface area contributed by atoms with Crippen LogP contribution in [0.5, 0.6) is 0 Å². The van der Waals surface area contributed by atoms with Gasteiger partial charge in [0.2, 0.25) is 0 Å². The molecule has 11 heteroatoms. The Hall–Kier alpha value is -4.43. The van der Waals surface area contributed by atoms with Gasteiger partial charge >= 0.3 is 6.03 Å². The molecule has 0 saturated carbocycles. The predicted molar refractivity (Wildman–Crippen MR) is 124 cm³/mol. The van der Waals surface area contributed by atoms with Gasteiger partial charge in [0.05, 0.1) is 19.8 Å². The quantitative estimate of drug-likeness (QED) is 0.492. The van der Waals surface area contributed by atoms with Crippen molar-refractivity contribution in [2.24, 2.45) is 5.73 Å². The number of aromatic nitrogens is 4. The minimum atomic E-state index is -0.609. The van der Waals surface area contributed by atoms with Gasteiger partial charge in [0.1, 0.15) is 35.7 Å². The first-order chi connectivity index (χ1) is 16.0. The smallest absolute Gasteiger partial charge is 0.319 e. The lowest BCUT2D eigenvalue weighted by molar-refractivity contribution is 0.122. The largest absolute Gasteiger partial charge is 0.382 e. The molecule has 3 aromatic rings. The van der Waals surface area contributed by atoms with E-state index in [0.717, 1.165) is 11.4 Å². The van der Waals surface area contributed by atoms with Gasteiger partial charge in [0, 0.05) is 36.1 Å². The van der Waals surface area contributed by atoms with Crippen LogP contribution in [0.1, 0.15) is 16.7 Å². The summed E-state index contributed by atoms with van der Waals surface area (Å²) in [6.45, 7) is 2.85. The first-order valence-electron chi connectivity index (χ1n) is 10.2. The number of nitrogen functional groups attached to an aromatic ring is 2. The summed E-state index contributed by atoms with van der Waals surface area (Å²) in [6, 6.07) is 6.51. The second kappa shape index (κ2) is 9.80. The average Bonchev–Trinajstić information content (AvgIpc) is 2.83. The number of hydrogen-bond acceptors (Lipinski definition) is 9. The molecule has 2 aromatic heterocycles. The predicted octanol–water partition coefficient (Wildman–Crippen LogP) is 0.753. The van der Waals surface area contributed by atoms with E-state index < -0.39 is 6.03 Å². The molecular weight excluding hydrogens is 422 g/mol. The molecule has 0 unspecified atom stereocenters. The molecule has 0 bridgehead atoms. The molecule has 11 nitrogen and oxygen atoms in total. The minimum Gasteiger partial charge on any atom is -0.382 e. The van der Waals surface area contributed by atoms with Gasteiger partial charge in [-0.3, -0.25) is 4.90 Å². The molecule has 1 fully saturated rings. The monoisotopic (exact) mass is 445 g/mol. The molecule has 33 heavy (non-hydrogen) atoms. The molecule has 1 aliphatic rings. The number of anilines is 4. The van der Waals surface area contributed by atoms with Gasteiger partial charge < -0.3 is 26.8 Å². The Kier molecular flexibility index (Phi) is 6.47. The van der Waals surface area contributed by atoms with Gasteiger partial charge in [0.25, 0.3) is 0 Å². The lowest BCUT2D eigenvalue weighted by atomic mass is 10.1. The van der Waals surface area contributed by atoms with Crippen LogP contribution in [0.2, 0.25) is 0 Å². The Morgan fingerprint density at radius 3 is 2.58 bits per heavy atom. The Labute approximate surface area is 190 Å². The fourth-order valence-corrected chi connectivity index (χ4v) is 3.42. The van der Waals surface area contributed by atoms with E-state index in [9.17, 15) is 4.79 Å². The molecule has 3 heterocycles. The molecule has 0 radical (unpaired) electrons. The summed E-state index contributed by atoms with van der Waals surface area (Å²) in [5.41, 5.74) is 19.7. The van der Waals surface area contributed by atoms with Crippen molar-refractivity contribution in [3.63, 3.8) is 0 Å². The van der Waals surface area contributed by atoms with Gasteiger partial charge in [-0.2, -0.15) is 0 Å². The second-order valence-electron chi connectivity index (χ2n) is 7.21. The van der Waals surface area contributed by atoms with Crippen molar-refractivity contribution in [1.82, 2.24) is 19.9 Å². The van der Waals surface area contributed by atoms with Gasteiger partial charge in [-0.05, 0) is 18.2 Å². The average molecular weight is 445 g/mol. The normalized spacial score (nSPS) is 13.2. The van der Waals surface area contributed by atoms with Gasteiger partial charge in [-0.25, -0.2) is 24.7 Å². The van der Waals surface area contributed by atoms with E-state index in [-0.39, 0.29) is 18.2 Å². The number of rotatable bonds is 4. The number of hydrogen-bond donors (Lipinski definition) is 3. The lowest BCUT2D eigenvalue weighted by Gasteiger charge is -2.30. The molecule has 0 atom stereocenters. The van der Waals surface area contributed by atoms with E-state index in [1.807, 2.05) is 0 Å². The fraction of sp³-hybridized carbons (Fsp3) is 0.227. The van der Waals surface area contributed by atoms with Gasteiger partial charge in [-0.1, -0.05) is 17.9 Å². The minimum absolute atomic E-state index is 0.199. The summed E-state index contributed by atoms with van der Waals surface area (Å²) in [5.74, 6) is 7.04. The third-order valence-corrected chi connectivity index (χ3v) is 5.06. The van der Waals surface area contributed by atoms with Crippen LogP contribution in [0.4, 0.5) is 27.9 Å². The Bertz CT molecular complexity index is 1200. The summed E-state index contributed by atoms with van der Waals surface area (Å²) in [4.78, 5) is 32.3. The van der Waals surface area contributed by atoms with E-state index in [1.54, 1.807) is 30.5 Å². The molecule has 2 amide bonds. The highest BCUT2D eigenvalue weighted by atomic mass is 16.5. The molecule has 1 aliphatic heterocycles. The number of amides is 2. The first kappa shape index (κ1) is 21.8. The number of benzene rings is 1. The molecule has 4 rings (SSSR count). The van der Waals surface area contributed by atoms with Gasteiger partial charge in [-0.15, -0.1) is 0 Å². The van der Waals surface area contributed by atoms with E-state index in [1.165, 1.54) is 17.6 Å². The van der Waals surface area contributed by atoms with Crippen molar-refractivity contribution < 1.29 is 9.53 Å². The number of primary amides is 1. The zero-order valence-corrected chi connectivity index (χ0v) is 17.8. The molecule has 1 saturated heterocycles. The standard InChI is InChI=1S/C22H23N9O2/c23-19-18(20(24)28-14-27-19)5-4-15-2-1-3-17(10-15)31(22(25)32)12-16-11-26-13-29-21(16)30-6-8-33-9-7-30/h1-3,10-11,13-14H,6-9,12H2,(H2,25,32)(H4,23,24,27,28). The summed E-state index contributed by atoms with van der Waals surface area (Å²) >= 11 is 0.